The molecule has 1 aliphatic rings. The molecule has 6 nitrogen and oxygen atoms in total. The van der Waals surface area contributed by atoms with Gasteiger partial charge in [0.15, 0.2) is 0 Å². The van der Waals surface area contributed by atoms with E-state index < -0.39 is 4.92 Å². The number of likely N-dealkylation sites (tertiary alicyclic amines) is 1. The van der Waals surface area contributed by atoms with E-state index in [4.69, 9.17) is 11.6 Å². The number of nitrogens with one attached hydrogen (secondary N) is 1. The molecule has 2 rings (SSSR count). The molecule has 1 saturated heterocycles. The molecule has 1 aromatic rings. The van der Waals surface area contributed by atoms with Gasteiger partial charge in [-0.2, -0.15) is 0 Å². The lowest BCUT2D eigenvalue weighted by molar-refractivity contribution is -0.384. The normalized spacial score (nSPS) is 19.0. The SMILES string of the molecule is CN1CCCC1CNC(=O)c1ccc(Cl)c([N+](=O)[O-])c1. The summed E-state index contributed by atoms with van der Waals surface area (Å²) in [6.07, 6.45) is 2.18. The number of halogens is 1. The molecule has 1 aromatic carbocycles. The Balaban J connectivity index is 2.02. The van der Waals surface area contributed by atoms with Gasteiger partial charge in [0.2, 0.25) is 0 Å². The van der Waals surface area contributed by atoms with Crippen molar-refractivity contribution in [2.24, 2.45) is 0 Å². The number of carbonyl (C=O) groups excluding carboxylic acids is 1. The Bertz CT molecular complexity index is 536. The number of hydrogen-bond acceptors (Lipinski definition) is 4. The highest BCUT2D eigenvalue weighted by molar-refractivity contribution is 6.32. The molecule has 0 aliphatic carbocycles. The van der Waals surface area contributed by atoms with Crippen molar-refractivity contribution < 1.29 is 9.72 Å². The second kappa shape index (κ2) is 6.19. The van der Waals surface area contributed by atoms with Gasteiger partial charge in [-0.25, -0.2) is 0 Å². The van der Waals surface area contributed by atoms with E-state index in [0.717, 1.165) is 19.4 Å². The van der Waals surface area contributed by atoms with Crippen LogP contribution in [0.1, 0.15) is 23.2 Å². The highest BCUT2D eigenvalue weighted by Crippen LogP contribution is 2.25. The zero-order valence-corrected chi connectivity index (χ0v) is 11.9. The lowest BCUT2D eigenvalue weighted by atomic mass is 10.1. The summed E-state index contributed by atoms with van der Waals surface area (Å²) >= 11 is 5.72. The van der Waals surface area contributed by atoms with Gasteiger partial charge in [-0.1, -0.05) is 11.6 Å². The average Bonchev–Trinajstić information content (AvgIpc) is 2.81. The topological polar surface area (TPSA) is 75.5 Å². The van der Waals surface area contributed by atoms with Crippen molar-refractivity contribution in [3.8, 4) is 0 Å². The van der Waals surface area contributed by atoms with Crippen molar-refractivity contribution in [3.63, 3.8) is 0 Å². The lowest BCUT2D eigenvalue weighted by Crippen LogP contribution is -2.38. The molecule has 1 N–H and O–H groups in total. The average molecular weight is 298 g/mol. The van der Waals surface area contributed by atoms with Gasteiger partial charge in [-0.3, -0.25) is 14.9 Å². The highest BCUT2D eigenvalue weighted by Gasteiger charge is 2.22. The van der Waals surface area contributed by atoms with Gasteiger partial charge < -0.3 is 10.2 Å². The van der Waals surface area contributed by atoms with Crippen LogP contribution in [0.3, 0.4) is 0 Å². The van der Waals surface area contributed by atoms with E-state index in [2.05, 4.69) is 10.2 Å². The Morgan fingerprint density at radius 1 is 1.60 bits per heavy atom. The first-order chi connectivity index (χ1) is 9.49. The fraction of sp³-hybridized carbons (Fsp3) is 0.462. The summed E-state index contributed by atoms with van der Waals surface area (Å²) in [7, 11) is 2.02. The van der Waals surface area contributed by atoms with Crippen LogP contribution in [-0.4, -0.2) is 41.9 Å². The second-order valence-corrected chi connectivity index (χ2v) is 5.32. The van der Waals surface area contributed by atoms with Gasteiger partial charge in [0.05, 0.1) is 4.92 Å². The van der Waals surface area contributed by atoms with E-state index in [1.807, 2.05) is 7.05 Å². The van der Waals surface area contributed by atoms with Crippen LogP contribution < -0.4 is 5.32 Å². The number of carbonyl (C=O) groups is 1. The van der Waals surface area contributed by atoms with Crippen molar-refractivity contribution in [3.05, 3.63) is 38.9 Å². The quantitative estimate of drug-likeness (QED) is 0.682. The van der Waals surface area contributed by atoms with Crippen LogP contribution in [0, 0.1) is 10.1 Å². The van der Waals surface area contributed by atoms with Crippen molar-refractivity contribution in [2.45, 2.75) is 18.9 Å². The summed E-state index contributed by atoms with van der Waals surface area (Å²) in [5, 5.41) is 13.6. The van der Waals surface area contributed by atoms with Crippen LogP contribution in [-0.2, 0) is 0 Å². The summed E-state index contributed by atoms with van der Waals surface area (Å²) in [6, 6.07) is 4.40. The van der Waals surface area contributed by atoms with E-state index in [9.17, 15) is 14.9 Å². The number of likely N-dealkylation sites (N-methyl/N-ethyl adjacent to an activating group) is 1. The standard InChI is InChI=1S/C13H16ClN3O3/c1-16-6-2-3-10(16)8-15-13(18)9-4-5-11(14)12(7-9)17(19)20/h4-5,7,10H,2-3,6,8H2,1H3,(H,15,18). The fourth-order valence-electron chi connectivity index (χ4n) is 2.34. The van der Waals surface area contributed by atoms with Crippen LogP contribution in [0.5, 0.6) is 0 Å². The smallest absolute Gasteiger partial charge is 0.288 e. The van der Waals surface area contributed by atoms with Crippen molar-refractivity contribution in [2.75, 3.05) is 20.1 Å². The Morgan fingerprint density at radius 3 is 2.95 bits per heavy atom. The predicted octanol–water partition coefficient (Wildman–Crippen LogP) is 2.07. The summed E-state index contributed by atoms with van der Waals surface area (Å²) in [4.78, 5) is 24.4. The molecule has 1 atom stereocenters. The molecular formula is C13H16ClN3O3. The van der Waals surface area contributed by atoms with E-state index >= 15 is 0 Å². The number of benzene rings is 1. The molecule has 20 heavy (non-hydrogen) atoms. The fourth-order valence-corrected chi connectivity index (χ4v) is 2.53. The molecule has 108 valence electrons. The maximum absolute atomic E-state index is 12.0. The zero-order valence-electron chi connectivity index (χ0n) is 11.1. The molecule has 0 radical (unpaired) electrons. The predicted molar refractivity (Wildman–Crippen MR) is 76.1 cm³/mol. The van der Waals surface area contributed by atoms with Crippen LogP contribution in [0.2, 0.25) is 5.02 Å². The Labute approximate surface area is 121 Å². The molecule has 0 bridgehead atoms. The molecule has 0 saturated carbocycles. The number of amides is 1. The minimum absolute atomic E-state index is 0.0297. The largest absolute Gasteiger partial charge is 0.350 e. The summed E-state index contributed by atoms with van der Waals surface area (Å²) in [5.41, 5.74) is -0.000879. The molecular weight excluding hydrogens is 282 g/mol. The molecule has 1 aliphatic heterocycles. The van der Waals surface area contributed by atoms with Gasteiger partial charge in [0, 0.05) is 24.2 Å². The molecule has 1 heterocycles. The van der Waals surface area contributed by atoms with E-state index in [1.54, 1.807) is 0 Å². The monoisotopic (exact) mass is 297 g/mol. The van der Waals surface area contributed by atoms with E-state index in [-0.39, 0.29) is 22.2 Å². The Hall–Kier alpha value is -1.66. The third-order valence-electron chi connectivity index (χ3n) is 3.57. The van der Waals surface area contributed by atoms with E-state index in [0.29, 0.717) is 12.6 Å². The van der Waals surface area contributed by atoms with Crippen LogP contribution in [0.25, 0.3) is 0 Å². The minimum atomic E-state index is -0.593. The molecule has 1 fully saturated rings. The maximum Gasteiger partial charge on any atom is 0.288 e. The summed E-state index contributed by atoms with van der Waals surface area (Å²) in [5.74, 6) is -0.315. The van der Waals surface area contributed by atoms with Gasteiger partial charge in [-0.05, 0) is 38.6 Å². The van der Waals surface area contributed by atoms with Gasteiger partial charge in [0.25, 0.3) is 11.6 Å². The van der Waals surface area contributed by atoms with Crippen molar-refractivity contribution >= 4 is 23.2 Å². The number of nitrogens with zero attached hydrogens (tertiary/aromatic N) is 2. The van der Waals surface area contributed by atoms with Crippen LogP contribution in [0.4, 0.5) is 5.69 Å². The number of nitro benzene ring substituents is 1. The maximum atomic E-state index is 12.0. The third-order valence-corrected chi connectivity index (χ3v) is 3.89. The van der Waals surface area contributed by atoms with E-state index in [1.165, 1.54) is 18.2 Å². The van der Waals surface area contributed by atoms with Gasteiger partial charge in [-0.15, -0.1) is 0 Å². The Morgan fingerprint density at radius 2 is 2.35 bits per heavy atom. The van der Waals surface area contributed by atoms with Gasteiger partial charge in [0.1, 0.15) is 5.02 Å². The van der Waals surface area contributed by atoms with Gasteiger partial charge >= 0.3 is 0 Å². The minimum Gasteiger partial charge on any atom is -0.350 e. The number of nitro groups is 1. The lowest BCUT2D eigenvalue weighted by Gasteiger charge is -2.19. The number of rotatable bonds is 4. The number of hydrogen-bond donors (Lipinski definition) is 1. The first-order valence-electron chi connectivity index (χ1n) is 6.41. The first-order valence-corrected chi connectivity index (χ1v) is 6.79. The zero-order chi connectivity index (χ0) is 14.7. The molecule has 7 heteroatoms. The molecule has 0 aromatic heterocycles. The summed E-state index contributed by atoms with van der Waals surface area (Å²) in [6.45, 7) is 1.58. The van der Waals surface area contributed by atoms with Crippen LogP contribution >= 0.6 is 11.6 Å². The second-order valence-electron chi connectivity index (χ2n) is 4.91. The third kappa shape index (κ3) is 3.26. The van der Waals surface area contributed by atoms with Crippen LogP contribution in [0.15, 0.2) is 18.2 Å². The highest BCUT2D eigenvalue weighted by atomic mass is 35.5. The molecule has 0 spiro atoms. The molecule has 1 amide bonds. The van der Waals surface area contributed by atoms with Crippen molar-refractivity contribution in [1.29, 1.82) is 0 Å². The Kier molecular flexibility index (Phi) is 4.57. The molecule has 1 unspecified atom stereocenters. The summed E-state index contributed by atoms with van der Waals surface area (Å²) < 4.78 is 0. The first kappa shape index (κ1) is 14.7. The van der Waals surface area contributed by atoms with Crippen molar-refractivity contribution in [1.82, 2.24) is 10.2 Å².